The Morgan fingerprint density at radius 3 is 2.86 bits per heavy atom. The van der Waals surface area contributed by atoms with Crippen molar-refractivity contribution >= 4 is 0 Å². The fourth-order valence-electron chi connectivity index (χ4n) is 2.16. The maximum absolute atomic E-state index is 5.51. The van der Waals surface area contributed by atoms with Crippen LogP contribution in [0.15, 0.2) is 0 Å². The van der Waals surface area contributed by atoms with Crippen molar-refractivity contribution in [2.45, 2.75) is 52.0 Å². The zero-order valence-corrected chi connectivity index (χ0v) is 9.72. The highest BCUT2D eigenvalue weighted by Gasteiger charge is 2.19. The van der Waals surface area contributed by atoms with Crippen molar-refractivity contribution in [1.29, 1.82) is 0 Å². The smallest absolute Gasteiger partial charge is 0.0480 e. The molecular weight excluding hydrogens is 174 g/mol. The summed E-state index contributed by atoms with van der Waals surface area (Å²) in [7, 11) is 0. The summed E-state index contributed by atoms with van der Waals surface area (Å²) >= 11 is 0. The van der Waals surface area contributed by atoms with E-state index in [-0.39, 0.29) is 0 Å². The minimum atomic E-state index is 0.713. The van der Waals surface area contributed by atoms with Crippen LogP contribution in [0.25, 0.3) is 0 Å². The quantitative estimate of drug-likeness (QED) is 0.664. The van der Waals surface area contributed by atoms with Gasteiger partial charge in [0.05, 0.1) is 0 Å². The minimum absolute atomic E-state index is 0.713. The SMILES string of the molecule is CCCOCCC1CC(CC)CCN1. The summed E-state index contributed by atoms with van der Waals surface area (Å²) in [5.74, 6) is 0.951. The fraction of sp³-hybridized carbons (Fsp3) is 1.00. The third kappa shape index (κ3) is 4.43. The second kappa shape index (κ2) is 7.24. The van der Waals surface area contributed by atoms with E-state index in [0.717, 1.165) is 25.6 Å². The molecule has 14 heavy (non-hydrogen) atoms. The first-order chi connectivity index (χ1) is 6.86. The molecule has 84 valence electrons. The van der Waals surface area contributed by atoms with Crippen molar-refractivity contribution in [2.75, 3.05) is 19.8 Å². The van der Waals surface area contributed by atoms with Crippen molar-refractivity contribution in [2.24, 2.45) is 5.92 Å². The lowest BCUT2D eigenvalue weighted by Crippen LogP contribution is -2.38. The molecule has 0 bridgehead atoms. The summed E-state index contributed by atoms with van der Waals surface area (Å²) in [6, 6.07) is 0.713. The number of ether oxygens (including phenoxy) is 1. The number of hydrogen-bond acceptors (Lipinski definition) is 2. The molecule has 2 atom stereocenters. The van der Waals surface area contributed by atoms with Gasteiger partial charge in [0.15, 0.2) is 0 Å². The van der Waals surface area contributed by atoms with Crippen molar-refractivity contribution in [1.82, 2.24) is 5.32 Å². The number of piperidine rings is 1. The zero-order chi connectivity index (χ0) is 10.2. The molecule has 0 aromatic heterocycles. The molecule has 1 rings (SSSR count). The molecule has 2 nitrogen and oxygen atoms in total. The molecule has 2 unspecified atom stereocenters. The van der Waals surface area contributed by atoms with E-state index in [4.69, 9.17) is 4.74 Å². The van der Waals surface area contributed by atoms with Crippen LogP contribution in [0.3, 0.4) is 0 Å². The molecule has 1 heterocycles. The third-order valence-electron chi connectivity index (χ3n) is 3.14. The Balaban J connectivity index is 2.05. The Labute approximate surface area is 88.4 Å². The molecule has 1 fully saturated rings. The van der Waals surface area contributed by atoms with Gasteiger partial charge in [0, 0.05) is 19.3 Å². The Morgan fingerprint density at radius 2 is 2.14 bits per heavy atom. The van der Waals surface area contributed by atoms with Gasteiger partial charge in [-0.3, -0.25) is 0 Å². The standard InChI is InChI=1S/C12H25NO/c1-3-8-14-9-6-12-10-11(4-2)5-7-13-12/h11-13H,3-10H2,1-2H3. The van der Waals surface area contributed by atoms with Gasteiger partial charge in [-0.05, 0) is 38.1 Å². The summed E-state index contributed by atoms with van der Waals surface area (Å²) in [5.41, 5.74) is 0. The van der Waals surface area contributed by atoms with Gasteiger partial charge >= 0.3 is 0 Å². The van der Waals surface area contributed by atoms with Crippen molar-refractivity contribution < 1.29 is 4.74 Å². The maximum Gasteiger partial charge on any atom is 0.0480 e. The largest absolute Gasteiger partial charge is 0.381 e. The van der Waals surface area contributed by atoms with E-state index < -0.39 is 0 Å². The average molecular weight is 199 g/mol. The number of nitrogens with one attached hydrogen (secondary N) is 1. The molecule has 0 amide bonds. The maximum atomic E-state index is 5.51. The summed E-state index contributed by atoms with van der Waals surface area (Å²) in [5, 5.41) is 3.58. The summed E-state index contributed by atoms with van der Waals surface area (Å²) in [4.78, 5) is 0. The second-order valence-corrected chi connectivity index (χ2v) is 4.35. The van der Waals surface area contributed by atoms with Gasteiger partial charge in [-0.2, -0.15) is 0 Å². The first-order valence-corrected chi connectivity index (χ1v) is 6.18. The van der Waals surface area contributed by atoms with Crippen LogP contribution in [0, 0.1) is 5.92 Å². The fourth-order valence-corrected chi connectivity index (χ4v) is 2.16. The third-order valence-corrected chi connectivity index (χ3v) is 3.14. The summed E-state index contributed by atoms with van der Waals surface area (Å²) in [6.07, 6.45) is 6.38. The van der Waals surface area contributed by atoms with Crippen LogP contribution in [0.5, 0.6) is 0 Å². The van der Waals surface area contributed by atoms with Crippen LogP contribution in [-0.4, -0.2) is 25.8 Å². The molecule has 1 aliphatic heterocycles. The van der Waals surface area contributed by atoms with E-state index in [9.17, 15) is 0 Å². The lowest BCUT2D eigenvalue weighted by atomic mass is 9.89. The predicted molar refractivity (Wildman–Crippen MR) is 60.5 cm³/mol. The van der Waals surface area contributed by atoms with E-state index in [0.29, 0.717) is 6.04 Å². The number of hydrogen-bond donors (Lipinski definition) is 1. The van der Waals surface area contributed by atoms with E-state index in [1.807, 2.05) is 0 Å². The van der Waals surface area contributed by atoms with Crippen molar-refractivity contribution in [3.05, 3.63) is 0 Å². The molecule has 0 aromatic rings. The first kappa shape index (κ1) is 12.0. The topological polar surface area (TPSA) is 21.3 Å². The average Bonchev–Trinajstić information content (AvgIpc) is 2.25. The van der Waals surface area contributed by atoms with Gasteiger partial charge in [-0.1, -0.05) is 20.3 Å². The molecule has 0 aromatic carbocycles. The highest BCUT2D eigenvalue weighted by molar-refractivity contribution is 4.77. The highest BCUT2D eigenvalue weighted by atomic mass is 16.5. The molecular formula is C12H25NO. The zero-order valence-electron chi connectivity index (χ0n) is 9.72. The lowest BCUT2D eigenvalue weighted by Gasteiger charge is -2.29. The van der Waals surface area contributed by atoms with Gasteiger partial charge in [0.1, 0.15) is 0 Å². The van der Waals surface area contributed by atoms with Crippen molar-refractivity contribution in [3.8, 4) is 0 Å². The number of rotatable bonds is 6. The van der Waals surface area contributed by atoms with Crippen molar-refractivity contribution in [3.63, 3.8) is 0 Å². The van der Waals surface area contributed by atoms with Crippen LogP contribution in [-0.2, 0) is 4.74 Å². The summed E-state index contributed by atoms with van der Waals surface area (Å²) < 4.78 is 5.51. The molecule has 1 N–H and O–H groups in total. The normalized spacial score (nSPS) is 27.9. The van der Waals surface area contributed by atoms with Gasteiger partial charge in [0.25, 0.3) is 0 Å². The molecule has 0 aliphatic carbocycles. The molecule has 0 spiro atoms. The summed E-state index contributed by atoms with van der Waals surface area (Å²) in [6.45, 7) is 7.52. The molecule has 1 saturated heterocycles. The van der Waals surface area contributed by atoms with Gasteiger partial charge < -0.3 is 10.1 Å². The van der Waals surface area contributed by atoms with Gasteiger partial charge in [-0.15, -0.1) is 0 Å². The van der Waals surface area contributed by atoms with Crippen LogP contribution in [0.4, 0.5) is 0 Å². The van der Waals surface area contributed by atoms with Crippen LogP contribution >= 0.6 is 0 Å². The molecule has 1 aliphatic rings. The molecule has 2 heteroatoms. The van der Waals surface area contributed by atoms with E-state index in [1.165, 1.54) is 32.2 Å². The Bertz CT molecular complexity index is 138. The van der Waals surface area contributed by atoms with Crippen LogP contribution in [0.2, 0.25) is 0 Å². The Hall–Kier alpha value is -0.0800. The molecule has 0 saturated carbocycles. The van der Waals surface area contributed by atoms with Gasteiger partial charge in [0.2, 0.25) is 0 Å². The monoisotopic (exact) mass is 199 g/mol. The first-order valence-electron chi connectivity index (χ1n) is 6.18. The minimum Gasteiger partial charge on any atom is -0.381 e. The highest BCUT2D eigenvalue weighted by Crippen LogP contribution is 2.20. The predicted octanol–water partition coefficient (Wildman–Crippen LogP) is 2.58. The van der Waals surface area contributed by atoms with E-state index in [2.05, 4.69) is 19.2 Å². The van der Waals surface area contributed by atoms with E-state index >= 15 is 0 Å². The lowest BCUT2D eigenvalue weighted by molar-refractivity contribution is 0.117. The van der Waals surface area contributed by atoms with Crippen LogP contribution in [0.1, 0.15) is 46.0 Å². The molecule has 0 radical (unpaired) electrons. The second-order valence-electron chi connectivity index (χ2n) is 4.35. The Kier molecular flexibility index (Phi) is 6.20. The van der Waals surface area contributed by atoms with Crippen LogP contribution < -0.4 is 5.32 Å². The Morgan fingerprint density at radius 1 is 1.29 bits per heavy atom. The van der Waals surface area contributed by atoms with Gasteiger partial charge in [-0.25, -0.2) is 0 Å². The van der Waals surface area contributed by atoms with E-state index in [1.54, 1.807) is 0 Å².